The Kier molecular flexibility index (Phi) is 4.58. The van der Waals surface area contributed by atoms with Gasteiger partial charge in [0.2, 0.25) is 0 Å². The van der Waals surface area contributed by atoms with Crippen molar-refractivity contribution in [1.82, 2.24) is 4.90 Å². The third-order valence-corrected chi connectivity index (χ3v) is 3.41. The summed E-state index contributed by atoms with van der Waals surface area (Å²) in [5.74, 6) is -0.362. The van der Waals surface area contributed by atoms with Crippen molar-refractivity contribution in [2.75, 3.05) is 12.3 Å². The lowest BCUT2D eigenvalue weighted by Crippen LogP contribution is -2.30. The van der Waals surface area contributed by atoms with Crippen LogP contribution < -0.4 is 5.73 Å². The Morgan fingerprint density at radius 2 is 2.00 bits per heavy atom. The average molecular weight is 286 g/mol. The molecule has 0 saturated heterocycles. The average Bonchev–Trinajstić information content (AvgIpc) is 2.44. The smallest absolute Gasteiger partial charge is 0.254 e. The monoisotopic (exact) mass is 286 g/mol. The van der Waals surface area contributed by atoms with E-state index in [1.165, 1.54) is 12.1 Å². The molecule has 2 aromatic carbocycles. The molecule has 0 aliphatic heterocycles. The molecular formula is C17H19FN2O. The van der Waals surface area contributed by atoms with Gasteiger partial charge in [-0.2, -0.15) is 0 Å². The molecule has 0 heterocycles. The van der Waals surface area contributed by atoms with Gasteiger partial charge in [-0.05, 0) is 55.3 Å². The van der Waals surface area contributed by atoms with Crippen LogP contribution in [0, 0.1) is 12.7 Å². The summed E-state index contributed by atoms with van der Waals surface area (Å²) in [4.78, 5) is 14.3. The lowest BCUT2D eigenvalue weighted by atomic mass is 10.1. The maximum absolute atomic E-state index is 13.2. The molecule has 0 fully saturated rings. The number of nitrogens with zero attached hydrogens (tertiary/aromatic N) is 1. The first kappa shape index (κ1) is 15.0. The number of benzene rings is 2. The number of nitrogens with two attached hydrogens (primary N) is 1. The van der Waals surface area contributed by atoms with Gasteiger partial charge in [0, 0.05) is 24.3 Å². The highest BCUT2D eigenvalue weighted by Crippen LogP contribution is 2.16. The number of hydrogen-bond acceptors (Lipinski definition) is 2. The van der Waals surface area contributed by atoms with Crippen molar-refractivity contribution in [1.29, 1.82) is 0 Å². The van der Waals surface area contributed by atoms with E-state index in [-0.39, 0.29) is 11.7 Å². The second-order valence-corrected chi connectivity index (χ2v) is 5.02. The van der Waals surface area contributed by atoms with E-state index in [4.69, 9.17) is 5.73 Å². The van der Waals surface area contributed by atoms with Gasteiger partial charge in [0.15, 0.2) is 0 Å². The molecule has 21 heavy (non-hydrogen) atoms. The number of amides is 1. The summed E-state index contributed by atoms with van der Waals surface area (Å²) in [6.07, 6.45) is 0. The van der Waals surface area contributed by atoms with Crippen molar-refractivity contribution in [2.45, 2.75) is 20.4 Å². The quantitative estimate of drug-likeness (QED) is 0.876. The van der Waals surface area contributed by atoms with Gasteiger partial charge in [-0.3, -0.25) is 4.79 Å². The molecule has 0 atom stereocenters. The second-order valence-electron chi connectivity index (χ2n) is 5.02. The van der Waals surface area contributed by atoms with Crippen molar-refractivity contribution in [3.8, 4) is 0 Å². The van der Waals surface area contributed by atoms with E-state index in [1.54, 1.807) is 29.2 Å². The number of anilines is 1. The molecule has 2 N–H and O–H groups in total. The van der Waals surface area contributed by atoms with Crippen LogP contribution in [0.3, 0.4) is 0 Å². The molecule has 1 amide bonds. The first-order chi connectivity index (χ1) is 10.0. The minimum Gasteiger partial charge on any atom is -0.399 e. The van der Waals surface area contributed by atoms with Gasteiger partial charge in [0.1, 0.15) is 5.82 Å². The first-order valence-corrected chi connectivity index (χ1v) is 6.91. The van der Waals surface area contributed by atoms with E-state index in [1.807, 2.05) is 19.9 Å². The number of halogens is 1. The van der Waals surface area contributed by atoms with E-state index >= 15 is 0 Å². The Labute approximate surface area is 124 Å². The number of nitrogen functional groups attached to an aromatic ring is 1. The van der Waals surface area contributed by atoms with Crippen molar-refractivity contribution < 1.29 is 9.18 Å². The molecule has 0 bridgehead atoms. The molecule has 0 saturated carbocycles. The number of carbonyl (C=O) groups excluding carboxylic acids is 1. The van der Waals surface area contributed by atoms with E-state index in [0.717, 1.165) is 11.1 Å². The standard InChI is InChI=1S/C17H19FN2O/c1-3-20(11-13-5-4-6-14(18)10-13)17(21)16-8-7-15(19)9-12(16)2/h4-10H,3,11,19H2,1-2H3. The van der Waals surface area contributed by atoms with Crippen molar-refractivity contribution in [3.05, 3.63) is 65.0 Å². The van der Waals surface area contributed by atoms with Gasteiger partial charge in [-0.15, -0.1) is 0 Å². The third kappa shape index (κ3) is 3.60. The number of hydrogen-bond donors (Lipinski definition) is 1. The fourth-order valence-corrected chi connectivity index (χ4v) is 2.28. The van der Waals surface area contributed by atoms with Crippen LogP contribution in [0.4, 0.5) is 10.1 Å². The highest BCUT2D eigenvalue weighted by atomic mass is 19.1. The Morgan fingerprint density at radius 1 is 1.24 bits per heavy atom. The molecule has 3 nitrogen and oxygen atoms in total. The maximum Gasteiger partial charge on any atom is 0.254 e. The molecule has 2 aromatic rings. The normalized spacial score (nSPS) is 10.4. The number of aryl methyl sites for hydroxylation is 1. The van der Waals surface area contributed by atoms with Gasteiger partial charge in [0.05, 0.1) is 0 Å². The summed E-state index contributed by atoms with van der Waals surface area (Å²) in [6, 6.07) is 11.5. The van der Waals surface area contributed by atoms with E-state index < -0.39 is 0 Å². The Hall–Kier alpha value is -2.36. The van der Waals surface area contributed by atoms with Crippen molar-refractivity contribution in [3.63, 3.8) is 0 Å². The summed E-state index contributed by atoms with van der Waals surface area (Å²) < 4.78 is 13.2. The molecule has 0 spiro atoms. The van der Waals surface area contributed by atoms with Crippen molar-refractivity contribution >= 4 is 11.6 Å². The molecule has 4 heteroatoms. The van der Waals surface area contributed by atoms with E-state index in [2.05, 4.69) is 0 Å². The van der Waals surface area contributed by atoms with E-state index in [0.29, 0.717) is 24.3 Å². The molecule has 0 aliphatic rings. The Bertz CT molecular complexity index is 655. The molecular weight excluding hydrogens is 267 g/mol. The van der Waals surface area contributed by atoms with Crippen LogP contribution in [0.2, 0.25) is 0 Å². The molecule has 0 aliphatic carbocycles. The zero-order chi connectivity index (χ0) is 15.4. The molecule has 0 radical (unpaired) electrons. The van der Waals surface area contributed by atoms with Crippen LogP contribution in [0.15, 0.2) is 42.5 Å². The zero-order valence-electron chi connectivity index (χ0n) is 12.3. The summed E-state index contributed by atoms with van der Waals surface area (Å²) in [6.45, 7) is 4.71. The molecule has 2 rings (SSSR count). The fourth-order valence-electron chi connectivity index (χ4n) is 2.28. The predicted octanol–water partition coefficient (Wildman–Crippen LogP) is 3.38. The first-order valence-electron chi connectivity index (χ1n) is 6.91. The summed E-state index contributed by atoms with van der Waals surface area (Å²) in [7, 11) is 0. The molecule has 110 valence electrons. The van der Waals surface area contributed by atoms with E-state index in [9.17, 15) is 9.18 Å². The Morgan fingerprint density at radius 3 is 2.62 bits per heavy atom. The predicted molar refractivity (Wildman–Crippen MR) is 82.4 cm³/mol. The number of rotatable bonds is 4. The minimum atomic E-state index is -0.292. The summed E-state index contributed by atoms with van der Waals surface area (Å²) in [5.41, 5.74) is 8.59. The van der Waals surface area contributed by atoms with Crippen LogP contribution in [-0.2, 0) is 6.54 Å². The lowest BCUT2D eigenvalue weighted by Gasteiger charge is -2.22. The topological polar surface area (TPSA) is 46.3 Å². The lowest BCUT2D eigenvalue weighted by molar-refractivity contribution is 0.0751. The summed E-state index contributed by atoms with van der Waals surface area (Å²) >= 11 is 0. The zero-order valence-corrected chi connectivity index (χ0v) is 12.3. The van der Waals surface area contributed by atoms with Crippen LogP contribution in [0.5, 0.6) is 0 Å². The van der Waals surface area contributed by atoms with Crippen LogP contribution >= 0.6 is 0 Å². The maximum atomic E-state index is 13.2. The fraction of sp³-hybridized carbons (Fsp3) is 0.235. The highest BCUT2D eigenvalue weighted by molar-refractivity contribution is 5.96. The van der Waals surface area contributed by atoms with Crippen LogP contribution in [0.25, 0.3) is 0 Å². The minimum absolute atomic E-state index is 0.0701. The van der Waals surface area contributed by atoms with Crippen molar-refractivity contribution in [2.24, 2.45) is 0 Å². The molecule has 0 unspecified atom stereocenters. The SMILES string of the molecule is CCN(Cc1cccc(F)c1)C(=O)c1ccc(N)cc1C. The second kappa shape index (κ2) is 6.39. The van der Waals surface area contributed by atoms with Gasteiger partial charge in [-0.25, -0.2) is 4.39 Å². The summed E-state index contributed by atoms with van der Waals surface area (Å²) in [5, 5.41) is 0. The van der Waals surface area contributed by atoms with Crippen LogP contribution in [0.1, 0.15) is 28.4 Å². The van der Waals surface area contributed by atoms with Gasteiger partial charge >= 0.3 is 0 Å². The molecule has 0 aromatic heterocycles. The highest BCUT2D eigenvalue weighted by Gasteiger charge is 2.16. The number of carbonyl (C=O) groups is 1. The van der Waals surface area contributed by atoms with Gasteiger partial charge in [-0.1, -0.05) is 12.1 Å². The Balaban J connectivity index is 2.22. The van der Waals surface area contributed by atoms with Crippen LogP contribution in [-0.4, -0.2) is 17.4 Å². The third-order valence-electron chi connectivity index (χ3n) is 3.41. The van der Waals surface area contributed by atoms with Gasteiger partial charge < -0.3 is 10.6 Å². The largest absolute Gasteiger partial charge is 0.399 e. The van der Waals surface area contributed by atoms with Gasteiger partial charge in [0.25, 0.3) is 5.91 Å².